The molecule has 0 saturated carbocycles. The minimum atomic E-state index is -4.22. The van der Waals surface area contributed by atoms with Crippen molar-refractivity contribution in [1.29, 1.82) is 0 Å². The molecule has 0 radical (unpaired) electrons. The number of aryl methyl sites for hydroxylation is 2. The molecular formula is C37H44N6O6S. The van der Waals surface area contributed by atoms with Crippen LogP contribution in [0.15, 0.2) is 71.6 Å². The van der Waals surface area contributed by atoms with Crippen molar-refractivity contribution in [3.63, 3.8) is 0 Å². The number of carbonyl (C=O) groups excluding carboxylic acids is 2. The van der Waals surface area contributed by atoms with Crippen LogP contribution in [-0.4, -0.2) is 58.5 Å². The van der Waals surface area contributed by atoms with E-state index in [2.05, 4.69) is 45.8 Å². The van der Waals surface area contributed by atoms with Crippen LogP contribution >= 0.6 is 0 Å². The minimum absolute atomic E-state index is 0.0324. The lowest BCUT2D eigenvalue weighted by atomic mass is 9.87. The van der Waals surface area contributed by atoms with Crippen molar-refractivity contribution in [3.8, 4) is 17.1 Å². The Morgan fingerprint density at radius 2 is 1.64 bits per heavy atom. The zero-order valence-electron chi connectivity index (χ0n) is 29.7. The number of amides is 2. The maximum atomic E-state index is 14.5. The molecule has 264 valence electrons. The Morgan fingerprint density at radius 3 is 2.32 bits per heavy atom. The van der Waals surface area contributed by atoms with Gasteiger partial charge in [0.15, 0.2) is 0 Å². The Hall–Kier alpha value is -5.04. The monoisotopic (exact) mass is 700 g/mol. The van der Waals surface area contributed by atoms with E-state index in [1.807, 2.05) is 32.0 Å². The van der Waals surface area contributed by atoms with Crippen LogP contribution in [0.25, 0.3) is 11.3 Å². The van der Waals surface area contributed by atoms with E-state index >= 15 is 0 Å². The average molecular weight is 701 g/mol. The van der Waals surface area contributed by atoms with Gasteiger partial charge in [-0.25, -0.2) is 27.9 Å². The van der Waals surface area contributed by atoms with E-state index in [1.165, 1.54) is 18.2 Å². The summed E-state index contributed by atoms with van der Waals surface area (Å²) in [4.78, 5) is 42.1. The average Bonchev–Trinajstić information content (AvgIpc) is 3.00. The molecule has 13 heteroatoms. The van der Waals surface area contributed by atoms with Crippen LogP contribution in [0, 0.1) is 19.3 Å². The van der Waals surface area contributed by atoms with Crippen molar-refractivity contribution in [2.24, 2.45) is 5.41 Å². The summed E-state index contributed by atoms with van der Waals surface area (Å²) in [5, 5.41) is 2.66. The van der Waals surface area contributed by atoms with Gasteiger partial charge in [-0.1, -0.05) is 51.1 Å². The number of anilines is 2. The fourth-order valence-electron chi connectivity index (χ4n) is 5.77. The van der Waals surface area contributed by atoms with E-state index in [-0.39, 0.29) is 46.7 Å². The Morgan fingerprint density at radius 1 is 0.960 bits per heavy atom. The highest BCUT2D eigenvalue weighted by Gasteiger charge is 2.32. The second-order valence-corrected chi connectivity index (χ2v) is 16.3. The molecule has 50 heavy (non-hydrogen) atoms. The van der Waals surface area contributed by atoms with Crippen molar-refractivity contribution in [2.75, 3.05) is 16.6 Å². The summed E-state index contributed by atoms with van der Waals surface area (Å²) in [7, 11) is -4.22. The summed E-state index contributed by atoms with van der Waals surface area (Å²) in [6, 6.07) is 18.0. The number of rotatable bonds is 5. The maximum absolute atomic E-state index is 14.5. The SMILES string of the molecule is Cc1cccc(C)c1-c1cc2nc(n1)NS(=O)(=O)c1cccc(c1)C(=O)N(Cc1cccc(NC(=O)OC(C)(C)C)n1)[C@H](CC(C)(C)C)CO2. The second kappa shape index (κ2) is 14.1. The molecule has 1 aliphatic heterocycles. The molecular weight excluding hydrogens is 657 g/mol. The topological polar surface area (TPSA) is 153 Å². The van der Waals surface area contributed by atoms with Gasteiger partial charge in [-0.15, -0.1) is 0 Å². The van der Waals surface area contributed by atoms with Crippen molar-refractivity contribution in [2.45, 2.75) is 84.9 Å². The van der Waals surface area contributed by atoms with Gasteiger partial charge in [0.05, 0.1) is 28.9 Å². The molecule has 0 unspecified atom stereocenters. The first-order valence-corrected chi connectivity index (χ1v) is 17.8. The van der Waals surface area contributed by atoms with Crippen LogP contribution in [0.1, 0.15) is 75.1 Å². The first kappa shape index (κ1) is 36.2. The van der Waals surface area contributed by atoms with E-state index < -0.39 is 33.7 Å². The molecule has 5 rings (SSSR count). The second-order valence-electron chi connectivity index (χ2n) is 14.6. The highest BCUT2D eigenvalue weighted by atomic mass is 32.2. The number of pyridine rings is 1. The summed E-state index contributed by atoms with van der Waals surface area (Å²) in [5.74, 6) is -0.168. The summed E-state index contributed by atoms with van der Waals surface area (Å²) >= 11 is 0. The Labute approximate surface area is 293 Å². The van der Waals surface area contributed by atoms with Gasteiger partial charge < -0.3 is 14.4 Å². The lowest BCUT2D eigenvalue weighted by molar-refractivity contribution is 0.0508. The van der Waals surface area contributed by atoms with Gasteiger partial charge >= 0.3 is 6.09 Å². The van der Waals surface area contributed by atoms with E-state index in [4.69, 9.17) is 9.47 Å². The molecule has 2 N–H and O–H groups in total. The van der Waals surface area contributed by atoms with Crippen LogP contribution in [-0.2, 0) is 21.3 Å². The quantitative estimate of drug-likeness (QED) is 0.221. The molecule has 0 saturated heterocycles. The number of aromatic nitrogens is 3. The number of ether oxygens (including phenoxy) is 2. The third-order valence-electron chi connectivity index (χ3n) is 7.80. The molecule has 1 atom stereocenters. The van der Waals surface area contributed by atoms with E-state index in [0.717, 1.165) is 16.7 Å². The highest BCUT2D eigenvalue weighted by Crippen LogP contribution is 2.32. The third kappa shape index (κ3) is 9.14. The number of fused-ring (bicyclic) bond motifs is 4. The van der Waals surface area contributed by atoms with Gasteiger partial charge in [0.2, 0.25) is 11.8 Å². The van der Waals surface area contributed by atoms with Crippen LogP contribution in [0.2, 0.25) is 0 Å². The number of sulfonamides is 1. The van der Waals surface area contributed by atoms with Crippen LogP contribution in [0.4, 0.5) is 16.6 Å². The molecule has 2 aromatic carbocycles. The summed E-state index contributed by atoms with van der Waals surface area (Å²) < 4.78 is 41.6. The van der Waals surface area contributed by atoms with Crippen molar-refractivity contribution in [3.05, 3.63) is 89.1 Å². The van der Waals surface area contributed by atoms with E-state index in [1.54, 1.807) is 56.0 Å². The Balaban J connectivity index is 1.61. The normalized spacial score (nSPS) is 16.2. The zero-order valence-corrected chi connectivity index (χ0v) is 30.5. The predicted octanol–water partition coefficient (Wildman–Crippen LogP) is 7.14. The van der Waals surface area contributed by atoms with Crippen LogP contribution in [0.3, 0.4) is 0 Å². The standard InChI is InChI=1S/C37H44N6O6S/c1-23-12-9-13-24(2)32(23)29-19-31-41-34(39-29)42-50(46,47)28-16-10-14-25(18-28)33(44)43(27(22-48-31)20-36(3,4)5)21-26-15-11-17-30(38-26)40-35(45)49-37(6,7)8/h9-19,27H,20-22H2,1-8H3,(H,38,40,45)(H,39,41,42)/t27-/m1/s1. The van der Waals surface area contributed by atoms with Gasteiger partial charge in [-0.3, -0.25) is 10.1 Å². The number of carbonyl (C=O) groups is 2. The number of hydrogen-bond acceptors (Lipinski definition) is 9. The third-order valence-corrected chi connectivity index (χ3v) is 9.12. The number of hydrogen-bond donors (Lipinski definition) is 2. The summed E-state index contributed by atoms with van der Waals surface area (Å²) in [6.07, 6.45) is -0.136. The molecule has 12 nitrogen and oxygen atoms in total. The first-order valence-electron chi connectivity index (χ1n) is 16.4. The highest BCUT2D eigenvalue weighted by molar-refractivity contribution is 7.92. The fourth-order valence-corrected chi connectivity index (χ4v) is 6.76. The Bertz CT molecular complexity index is 2000. The molecule has 3 heterocycles. The maximum Gasteiger partial charge on any atom is 0.413 e. The van der Waals surface area contributed by atoms with Crippen LogP contribution < -0.4 is 14.8 Å². The minimum Gasteiger partial charge on any atom is -0.475 e. The smallest absolute Gasteiger partial charge is 0.413 e. The van der Waals surface area contributed by atoms with E-state index in [0.29, 0.717) is 17.8 Å². The van der Waals surface area contributed by atoms with Crippen LogP contribution in [0.5, 0.6) is 5.88 Å². The fraction of sp³-hybridized carbons (Fsp3) is 0.378. The predicted molar refractivity (Wildman–Crippen MR) is 192 cm³/mol. The van der Waals surface area contributed by atoms with Gasteiger partial charge in [-0.05, 0) is 87.9 Å². The molecule has 2 amide bonds. The van der Waals surface area contributed by atoms with Gasteiger partial charge in [0.1, 0.15) is 18.0 Å². The largest absolute Gasteiger partial charge is 0.475 e. The molecule has 0 spiro atoms. The van der Waals surface area contributed by atoms with Gasteiger partial charge in [-0.2, -0.15) is 4.98 Å². The molecule has 1 aliphatic rings. The van der Waals surface area contributed by atoms with E-state index in [9.17, 15) is 18.0 Å². The molecule has 0 fully saturated rings. The number of nitrogens with one attached hydrogen (secondary N) is 2. The van der Waals surface area contributed by atoms with Crippen molar-refractivity contribution in [1.82, 2.24) is 19.9 Å². The lowest BCUT2D eigenvalue weighted by Crippen LogP contribution is -2.45. The molecule has 4 bridgehead atoms. The number of nitrogens with zero attached hydrogens (tertiary/aromatic N) is 4. The first-order chi connectivity index (χ1) is 23.4. The van der Waals surface area contributed by atoms with Gasteiger partial charge in [0.25, 0.3) is 15.9 Å². The van der Waals surface area contributed by atoms with Crippen molar-refractivity contribution >= 4 is 33.8 Å². The van der Waals surface area contributed by atoms with Crippen molar-refractivity contribution < 1.29 is 27.5 Å². The lowest BCUT2D eigenvalue weighted by Gasteiger charge is -2.35. The Kier molecular flexibility index (Phi) is 10.2. The summed E-state index contributed by atoms with van der Waals surface area (Å²) in [6.45, 7) is 15.5. The molecule has 0 aliphatic carbocycles. The summed E-state index contributed by atoms with van der Waals surface area (Å²) in [5.41, 5.74) is 2.93. The van der Waals surface area contributed by atoms with Gasteiger partial charge in [0, 0.05) is 17.2 Å². The molecule has 2 aromatic heterocycles. The number of benzene rings is 2. The zero-order chi connectivity index (χ0) is 36.4. The molecule has 4 aromatic rings.